The van der Waals surface area contributed by atoms with Crippen LogP contribution >= 0.6 is 0 Å². The fourth-order valence-electron chi connectivity index (χ4n) is 6.92. The highest BCUT2D eigenvalue weighted by Crippen LogP contribution is 2.36. The maximum absolute atomic E-state index is 14.0. The largest absolute Gasteiger partial charge is 0.463 e. The van der Waals surface area contributed by atoms with Crippen molar-refractivity contribution in [1.29, 1.82) is 0 Å². The number of esters is 7. The standard InChI is InChI=1S/C40H63NO20S/c1-9-10-11-12-13-14-15-16-17-18-19-41-32(49)22-62(50,51)40-38(58-29(8)48)36(56-27(6)46)34(31(60-40)21-53-24(3)43)61-39-37(57-28(7)47)35(55-26(5)45)33(54-25(4)44)30(59-39)20-52-23(2)42/h30-31,33-40H,9-22H2,1-8H3,(H,41,49)/t30-,31-,33+,34-,35+,36+,37-,38-,39+,40+/m1/s1. The van der Waals surface area contributed by atoms with Crippen molar-refractivity contribution >= 4 is 57.5 Å². The van der Waals surface area contributed by atoms with E-state index in [9.17, 15) is 46.8 Å². The summed E-state index contributed by atoms with van der Waals surface area (Å²) in [6.07, 6.45) is -5.71. The quantitative estimate of drug-likeness (QED) is 0.0780. The minimum Gasteiger partial charge on any atom is -0.463 e. The SMILES string of the molecule is CCCCCCCCCCCCNC(=O)CS(=O)(=O)[C@@H]1O[C@H](COC(C)=O)[C@@H](O[C@@H]2O[C@H](COC(C)=O)[C@H](OC(C)=O)[C@H](OC(C)=O)[C@H]2OC(C)=O)[C@H](OC(C)=O)[C@H]1OC(C)=O. The molecule has 2 rings (SSSR count). The number of carbonyl (C=O) groups is 8. The summed E-state index contributed by atoms with van der Waals surface area (Å²) < 4.78 is 83.8. The van der Waals surface area contributed by atoms with Gasteiger partial charge in [-0.05, 0) is 6.42 Å². The number of amides is 1. The molecule has 2 saturated heterocycles. The Morgan fingerprint density at radius 2 is 0.887 bits per heavy atom. The van der Waals surface area contributed by atoms with Crippen LogP contribution in [0.5, 0.6) is 0 Å². The fraction of sp³-hybridized carbons (Fsp3) is 0.800. The average Bonchev–Trinajstić information content (AvgIpc) is 3.14. The van der Waals surface area contributed by atoms with Gasteiger partial charge in [0.15, 0.2) is 52.1 Å². The van der Waals surface area contributed by atoms with Crippen LogP contribution in [0.2, 0.25) is 0 Å². The van der Waals surface area contributed by atoms with E-state index in [0.29, 0.717) is 6.42 Å². The molecule has 2 heterocycles. The van der Waals surface area contributed by atoms with Crippen LogP contribution in [-0.4, -0.2) is 142 Å². The monoisotopic (exact) mass is 909 g/mol. The van der Waals surface area contributed by atoms with Crippen LogP contribution in [0.4, 0.5) is 0 Å². The lowest BCUT2D eigenvalue weighted by Crippen LogP contribution is -2.68. The van der Waals surface area contributed by atoms with Gasteiger partial charge >= 0.3 is 41.8 Å². The van der Waals surface area contributed by atoms with Gasteiger partial charge in [0.05, 0.1) is 0 Å². The Bertz CT molecular complexity index is 1640. The molecule has 1 amide bonds. The zero-order chi connectivity index (χ0) is 46.6. The van der Waals surface area contributed by atoms with Crippen molar-refractivity contribution in [2.24, 2.45) is 0 Å². The van der Waals surface area contributed by atoms with Gasteiger partial charge in [0.2, 0.25) is 5.91 Å². The Labute approximate surface area is 362 Å². The van der Waals surface area contributed by atoms with Crippen LogP contribution in [0, 0.1) is 0 Å². The first kappa shape index (κ1) is 53.7. The van der Waals surface area contributed by atoms with E-state index < -0.39 is 137 Å². The van der Waals surface area contributed by atoms with Crippen LogP contribution < -0.4 is 5.32 Å². The predicted octanol–water partition coefficient (Wildman–Crippen LogP) is 2.06. The molecule has 0 aromatic heterocycles. The molecule has 1 N–H and O–H groups in total. The number of rotatable bonds is 25. The Kier molecular flexibility index (Phi) is 23.3. The molecule has 21 nitrogen and oxygen atoms in total. The highest BCUT2D eigenvalue weighted by molar-refractivity contribution is 7.92. The van der Waals surface area contributed by atoms with Crippen molar-refractivity contribution in [3.63, 3.8) is 0 Å². The molecular formula is C40H63NO20S. The molecule has 2 aliphatic heterocycles. The van der Waals surface area contributed by atoms with Gasteiger partial charge in [-0.1, -0.05) is 64.7 Å². The summed E-state index contributed by atoms with van der Waals surface area (Å²) in [5, 5.41) is 2.57. The molecule has 0 aliphatic carbocycles. The summed E-state index contributed by atoms with van der Waals surface area (Å²) >= 11 is 0. The molecule has 354 valence electrons. The van der Waals surface area contributed by atoms with Crippen molar-refractivity contribution in [2.75, 3.05) is 25.5 Å². The Balaban J connectivity index is 2.52. The van der Waals surface area contributed by atoms with Gasteiger partial charge in [0.1, 0.15) is 37.3 Å². The number of nitrogens with one attached hydrogen (secondary N) is 1. The zero-order valence-electron chi connectivity index (χ0n) is 36.7. The van der Waals surface area contributed by atoms with Crippen molar-refractivity contribution < 1.29 is 94.1 Å². The molecule has 2 fully saturated rings. The second kappa shape index (κ2) is 26.9. The lowest BCUT2D eigenvalue weighted by atomic mass is 9.96. The first-order valence-electron chi connectivity index (χ1n) is 20.7. The van der Waals surface area contributed by atoms with Crippen molar-refractivity contribution in [1.82, 2.24) is 5.32 Å². The van der Waals surface area contributed by atoms with E-state index in [1.807, 2.05) is 0 Å². The minimum absolute atomic E-state index is 0.181. The normalized spacial score (nSPS) is 25.9. The molecule has 0 radical (unpaired) electrons. The Hall–Kier alpha value is -4.41. The lowest BCUT2D eigenvalue weighted by Gasteiger charge is -2.48. The van der Waals surface area contributed by atoms with Crippen LogP contribution in [-0.2, 0) is 95.6 Å². The molecule has 22 heteroatoms. The smallest absolute Gasteiger partial charge is 0.303 e. The third kappa shape index (κ3) is 18.9. The molecule has 0 saturated carbocycles. The maximum atomic E-state index is 14.0. The molecule has 0 aromatic carbocycles. The second-order valence-electron chi connectivity index (χ2n) is 15.0. The Morgan fingerprint density at radius 3 is 1.35 bits per heavy atom. The third-order valence-electron chi connectivity index (χ3n) is 9.42. The van der Waals surface area contributed by atoms with Gasteiger partial charge in [0.25, 0.3) is 0 Å². The summed E-state index contributed by atoms with van der Waals surface area (Å²) in [6.45, 7) is 7.83. The highest BCUT2D eigenvalue weighted by Gasteiger charge is 2.59. The van der Waals surface area contributed by atoms with Gasteiger partial charge in [-0.25, -0.2) is 8.42 Å². The van der Waals surface area contributed by atoms with E-state index >= 15 is 0 Å². The molecule has 2 aliphatic rings. The van der Waals surface area contributed by atoms with E-state index in [2.05, 4.69) is 12.2 Å². The van der Waals surface area contributed by atoms with Gasteiger partial charge in [-0.3, -0.25) is 38.4 Å². The molecule has 62 heavy (non-hydrogen) atoms. The number of hydrogen-bond acceptors (Lipinski definition) is 20. The first-order valence-corrected chi connectivity index (χ1v) is 22.5. The first-order chi connectivity index (χ1) is 29.2. The number of ether oxygens (including phenoxy) is 10. The molecule has 0 spiro atoms. The number of hydrogen-bond donors (Lipinski definition) is 1. The summed E-state index contributed by atoms with van der Waals surface area (Å²) in [4.78, 5) is 99.3. The van der Waals surface area contributed by atoms with E-state index in [0.717, 1.165) is 80.6 Å². The molecule has 0 bridgehead atoms. The van der Waals surface area contributed by atoms with Gasteiger partial charge < -0.3 is 52.7 Å². The summed E-state index contributed by atoms with van der Waals surface area (Å²) in [5.74, 6) is -8.74. The third-order valence-corrected chi connectivity index (χ3v) is 11.2. The van der Waals surface area contributed by atoms with E-state index in [4.69, 9.17) is 47.4 Å². The van der Waals surface area contributed by atoms with Gasteiger partial charge in [-0.2, -0.15) is 0 Å². The number of sulfone groups is 1. The van der Waals surface area contributed by atoms with E-state index in [1.165, 1.54) is 25.7 Å². The number of carbonyl (C=O) groups excluding carboxylic acids is 8. The molecule has 10 atom stereocenters. The van der Waals surface area contributed by atoms with Crippen molar-refractivity contribution in [3.8, 4) is 0 Å². The number of unbranched alkanes of at least 4 members (excludes halogenated alkanes) is 9. The van der Waals surface area contributed by atoms with Crippen molar-refractivity contribution in [3.05, 3.63) is 0 Å². The molecule has 0 unspecified atom stereocenters. The molecular weight excluding hydrogens is 846 g/mol. The minimum atomic E-state index is -4.78. The van der Waals surface area contributed by atoms with Gasteiger partial charge in [0, 0.05) is 55.0 Å². The molecule has 0 aromatic rings. The summed E-state index contributed by atoms with van der Waals surface area (Å²) in [5.41, 5.74) is -2.23. The van der Waals surface area contributed by atoms with Crippen LogP contribution in [0.1, 0.15) is 120 Å². The van der Waals surface area contributed by atoms with Crippen LogP contribution in [0.15, 0.2) is 0 Å². The van der Waals surface area contributed by atoms with Gasteiger partial charge in [-0.15, -0.1) is 0 Å². The van der Waals surface area contributed by atoms with E-state index in [1.54, 1.807) is 0 Å². The zero-order valence-corrected chi connectivity index (χ0v) is 37.6. The van der Waals surface area contributed by atoms with Crippen LogP contribution in [0.25, 0.3) is 0 Å². The summed E-state index contributed by atoms with van der Waals surface area (Å²) in [7, 11) is -4.78. The second-order valence-corrected chi connectivity index (χ2v) is 17.1. The topological polar surface area (TPSA) is 275 Å². The highest BCUT2D eigenvalue weighted by atomic mass is 32.2. The average molecular weight is 910 g/mol. The fourth-order valence-corrected chi connectivity index (χ4v) is 8.48. The Morgan fingerprint density at radius 1 is 0.484 bits per heavy atom. The predicted molar refractivity (Wildman–Crippen MR) is 212 cm³/mol. The van der Waals surface area contributed by atoms with Crippen molar-refractivity contribution in [2.45, 2.75) is 180 Å². The van der Waals surface area contributed by atoms with Crippen LogP contribution in [0.3, 0.4) is 0 Å². The van der Waals surface area contributed by atoms with E-state index in [-0.39, 0.29) is 6.54 Å². The maximum Gasteiger partial charge on any atom is 0.303 e. The lowest BCUT2D eigenvalue weighted by molar-refractivity contribution is -0.341. The summed E-state index contributed by atoms with van der Waals surface area (Å²) in [6, 6.07) is 0.